The van der Waals surface area contributed by atoms with Gasteiger partial charge in [-0.15, -0.1) is 5.10 Å². The van der Waals surface area contributed by atoms with Crippen LogP contribution < -0.4 is 10.2 Å². The molecule has 0 spiro atoms. The van der Waals surface area contributed by atoms with Gasteiger partial charge in [-0.25, -0.2) is 4.98 Å². The highest BCUT2D eigenvalue weighted by molar-refractivity contribution is 5.86. The van der Waals surface area contributed by atoms with Crippen molar-refractivity contribution < 1.29 is 0 Å². The summed E-state index contributed by atoms with van der Waals surface area (Å²) in [6, 6.07) is 16.9. The molecule has 1 saturated carbocycles. The first kappa shape index (κ1) is 20.6. The normalized spacial score (nSPS) is 18.3. The minimum Gasteiger partial charge on any atom is -0.352 e. The molecule has 2 aromatic carbocycles. The Hall–Kier alpha value is -3.32. The summed E-state index contributed by atoms with van der Waals surface area (Å²) in [7, 11) is 0. The van der Waals surface area contributed by atoms with E-state index in [1.165, 1.54) is 29.5 Å². The van der Waals surface area contributed by atoms with Crippen molar-refractivity contribution in [2.75, 3.05) is 24.5 Å². The van der Waals surface area contributed by atoms with E-state index in [2.05, 4.69) is 62.7 Å². The number of anilines is 1. The van der Waals surface area contributed by atoms with Crippen molar-refractivity contribution >= 4 is 16.7 Å². The molecule has 4 aromatic rings. The number of hydrogen-bond donors (Lipinski definition) is 2. The molecular weight excluding hydrogens is 398 g/mol. The van der Waals surface area contributed by atoms with Gasteiger partial charge < -0.3 is 10.2 Å². The fourth-order valence-electron chi connectivity index (χ4n) is 4.10. The van der Waals surface area contributed by atoms with Gasteiger partial charge in [-0.1, -0.05) is 35.9 Å². The minimum absolute atomic E-state index is 0.454. The second-order valence-corrected chi connectivity index (χ2v) is 8.74. The number of piperazine rings is 1. The van der Waals surface area contributed by atoms with Crippen LogP contribution in [0.5, 0.6) is 0 Å². The van der Waals surface area contributed by atoms with Crippen molar-refractivity contribution in [2.45, 2.75) is 38.6 Å². The molecule has 0 bridgehead atoms. The number of aromatic amines is 1. The standard InChI is InChI=1S/C18H21N7.C7H8/c1-11-10-25(7-6-19-11)16-9-20-24-18(21-16)13-4-5-15-14(8-13)17(23-22-15)12-2-3-12;1-7-5-3-2-4-6-7/h4-5,8-9,11-12,19H,2-3,6-7,10H2,1H3,(H,22,23);2-6H,1H3/t11-;/m0./s1. The Morgan fingerprint density at radius 1 is 1.06 bits per heavy atom. The second kappa shape index (κ2) is 9.04. The fraction of sp³-hybridized carbons (Fsp3) is 0.360. The average molecular weight is 428 g/mol. The fourth-order valence-corrected chi connectivity index (χ4v) is 4.10. The first-order valence-corrected chi connectivity index (χ1v) is 11.4. The Bertz CT molecular complexity index is 1180. The highest BCUT2D eigenvalue weighted by Gasteiger charge is 2.27. The van der Waals surface area contributed by atoms with Crippen LogP contribution in [-0.2, 0) is 0 Å². The summed E-state index contributed by atoms with van der Waals surface area (Å²) in [6.45, 7) is 7.11. The quantitative estimate of drug-likeness (QED) is 0.513. The molecule has 0 unspecified atom stereocenters. The third kappa shape index (κ3) is 4.62. The van der Waals surface area contributed by atoms with Crippen LogP contribution >= 0.6 is 0 Å². The van der Waals surface area contributed by atoms with E-state index in [4.69, 9.17) is 4.98 Å². The van der Waals surface area contributed by atoms with Gasteiger partial charge in [0.15, 0.2) is 11.6 Å². The van der Waals surface area contributed by atoms with Crippen LogP contribution in [0.1, 0.15) is 36.9 Å². The molecule has 2 aromatic heterocycles. The van der Waals surface area contributed by atoms with E-state index < -0.39 is 0 Å². The van der Waals surface area contributed by atoms with Crippen LogP contribution in [-0.4, -0.2) is 51.1 Å². The molecule has 7 nitrogen and oxygen atoms in total. The Morgan fingerprint density at radius 2 is 1.91 bits per heavy atom. The highest BCUT2D eigenvalue weighted by Crippen LogP contribution is 2.42. The predicted octanol–water partition coefficient (Wildman–Crippen LogP) is 4.09. The number of aromatic nitrogens is 5. The molecule has 0 radical (unpaired) electrons. The lowest BCUT2D eigenvalue weighted by molar-refractivity contribution is 0.481. The summed E-state index contributed by atoms with van der Waals surface area (Å²) in [5.74, 6) is 2.20. The van der Waals surface area contributed by atoms with Gasteiger partial charge in [0, 0.05) is 48.2 Å². The van der Waals surface area contributed by atoms with E-state index in [0.717, 1.165) is 36.5 Å². The molecular formula is C25H29N7. The van der Waals surface area contributed by atoms with Gasteiger partial charge in [-0.3, -0.25) is 5.10 Å². The molecule has 2 fully saturated rings. The SMILES string of the molecule is C[C@H]1CN(c2cnnc(-c3ccc4n[nH]c(C5CC5)c4c3)n2)CCN1.Cc1ccccc1. The van der Waals surface area contributed by atoms with Gasteiger partial charge >= 0.3 is 0 Å². The van der Waals surface area contributed by atoms with E-state index in [9.17, 15) is 0 Å². The van der Waals surface area contributed by atoms with E-state index in [1.807, 2.05) is 30.3 Å². The number of nitrogens with zero attached hydrogens (tertiary/aromatic N) is 5. The van der Waals surface area contributed by atoms with Gasteiger partial charge in [0.05, 0.1) is 11.7 Å². The monoisotopic (exact) mass is 427 g/mol. The lowest BCUT2D eigenvalue weighted by atomic mass is 10.1. The molecule has 3 heterocycles. The third-order valence-corrected chi connectivity index (χ3v) is 6.01. The van der Waals surface area contributed by atoms with Crippen LogP contribution in [0, 0.1) is 6.92 Å². The van der Waals surface area contributed by atoms with Crippen LogP contribution in [0.4, 0.5) is 5.82 Å². The number of fused-ring (bicyclic) bond motifs is 1. The van der Waals surface area contributed by atoms with Crippen molar-refractivity contribution in [1.29, 1.82) is 0 Å². The van der Waals surface area contributed by atoms with E-state index in [1.54, 1.807) is 6.20 Å². The first-order chi connectivity index (χ1) is 15.7. The maximum atomic E-state index is 4.78. The Morgan fingerprint density at radius 3 is 2.62 bits per heavy atom. The van der Waals surface area contributed by atoms with E-state index >= 15 is 0 Å². The molecule has 1 aliphatic carbocycles. The van der Waals surface area contributed by atoms with Crippen molar-refractivity contribution in [2.24, 2.45) is 0 Å². The smallest absolute Gasteiger partial charge is 0.183 e. The molecule has 32 heavy (non-hydrogen) atoms. The number of benzene rings is 2. The van der Waals surface area contributed by atoms with Crippen LogP contribution in [0.2, 0.25) is 0 Å². The summed E-state index contributed by atoms with van der Waals surface area (Å²) in [4.78, 5) is 7.05. The van der Waals surface area contributed by atoms with Crippen molar-refractivity contribution in [3.05, 3.63) is 66.0 Å². The van der Waals surface area contributed by atoms with E-state index in [0.29, 0.717) is 17.8 Å². The molecule has 1 aliphatic heterocycles. The van der Waals surface area contributed by atoms with Gasteiger partial charge in [-0.2, -0.15) is 10.2 Å². The van der Waals surface area contributed by atoms with Gasteiger partial charge in [0.2, 0.25) is 0 Å². The zero-order valence-corrected chi connectivity index (χ0v) is 18.6. The first-order valence-electron chi connectivity index (χ1n) is 11.4. The Labute approximate surface area is 188 Å². The number of H-pyrrole nitrogens is 1. The summed E-state index contributed by atoms with van der Waals surface area (Å²) in [6.07, 6.45) is 4.25. The summed E-state index contributed by atoms with van der Waals surface area (Å²) >= 11 is 0. The molecule has 0 amide bonds. The van der Waals surface area contributed by atoms with Crippen LogP contribution in [0.15, 0.2) is 54.7 Å². The lowest BCUT2D eigenvalue weighted by Crippen LogP contribution is -2.49. The van der Waals surface area contributed by atoms with Crippen molar-refractivity contribution in [3.63, 3.8) is 0 Å². The zero-order chi connectivity index (χ0) is 21.9. The Balaban J connectivity index is 0.000000265. The van der Waals surface area contributed by atoms with Gasteiger partial charge in [-0.05, 0) is 44.9 Å². The average Bonchev–Trinajstić information content (AvgIpc) is 3.58. The van der Waals surface area contributed by atoms with Crippen LogP contribution in [0.3, 0.4) is 0 Å². The number of rotatable bonds is 3. The van der Waals surface area contributed by atoms with Crippen LogP contribution in [0.25, 0.3) is 22.3 Å². The molecule has 7 heteroatoms. The number of hydrogen-bond acceptors (Lipinski definition) is 6. The largest absolute Gasteiger partial charge is 0.352 e. The summed E-state index contributed by atoms with van der Waals surface area (Å²) in [5.41, 5.74) is 4.57. The van der Waals surface area contributed by atoms with Gasteiger partial charge in [0.25, 0.3) is 0 Å². The molecule has 1 saturated heterocycles. The number of aryl methyl sites for hydroxylation is 1. The maximum absolute atomic E-state index is 4.78. The van der Waals surface area contributed by atoms with Crippen molar-refractivity contribution in [1.82, 2.24) is 30.7 Å². The lowest BCUT2D eigenvalue weighted by Gasteiger charge is -2.32. The highest BCUT2D eigenvalue weighted by atomic mass is 15.3. The van der Waals surface area contributed by atoms with E-state index in [-0.39, 0.29) is 0 Å². The predicted molar refractivity (Wildman–Crippen MR) is 128 cm³/mol. The minimum atomic E-state index is 0.454. The molecule has 6 rings (SSSR count). The molecule has 2 N–H and O–H groups in total. The summed E-state index contributed by atoms with van der Waals surface area (Å²) in [5, 5.41) is 20.7. The van der Waals surface area contributed by atoms with Crippen molar-refractivity contribution in [3.8, 4) is 11.4 Å². The topological polar surface area (TPSA) is 82.6 Å². The molecule has 1 atom stereocenters. The summed E-state index contributed by atoms with van der Waals surface area (Å²) < 4.78 is 0. The zero-order valence-electron chi connectivity index (χ0n) is 18.6. The third-order valence-electron chi connectivity index (χ3n) is 6.01. The van der Waals surface area contributed by atoms with Gasteiger partial charge in [0.1, 0.15) is 0 Å². The molecule has 164 valence electrons. The second-order valence-electron chi connectivity index (χ2n) is 8.74. The maximum Gasteiger partial charge on any atom is 0.183 e. The number of nitrogens with one attached hydrogen (secondary N) is 2. The molecule has 2 aliphatic rings. The Kier molecular flexibility index (Phi) is 5.81.